The summed E-state index contributed by atoms with van der Waals surface area (Å²) in [6, 6.07) is 12.1. The summed E-state index contributed by atoms with van der Waals surface area (Å²) in [5.74, 6) is 0.0322. The highest BCUT2D eigenvalue weighted by Crippen LogP contribution is 2.34. The van der Waals surface area contributed by atoms with E-state index in [2.05, 4.69) is 30.0 Å². The van der Waals surface area contributed by atoms with E-state index in [0.717, 1.165) is 43.5 Å². The Morgan fingerprint density at radius 1 is 1.13 bits per heavy atom. The van der Waals surface area contributed by atoms with Crippen molar-refractivity contribution in [3.8, 4) is 5.75 Å². The van der Waals surface area contributed by atoms with Gasteiger partial charge in [0.15, 0.2) is 0 Å². The first kappa shape index (κ1) is 22.2. The highest BCUT2D eigenvalue weighted by molar-refractivity contribution is 6.42. The van der Waals surface area contributed by atoms with E-state index < -0.39 is 5.97 Å². The molecule has 0 amide bonds. The minimum absolute atomic E-state index is 0.201. The van der Waals surface area contributed by atoms with E-state index in [-0.39, 0.29) is 5.92 Å². The number of ether oxygens (including phenoxy) is 1. The van der Waals surface area contributed by atoms with Crippen LogP contribution < -0.4 is 4.74 Å². The van der Waals surface area contributed by atoms with Crippen LogP contribution in [-0.2, 0) is 17.6 Å². The molecule has 1 heterocycles. The number of halogens is 2. The molecule has 4 rings (SSSR count). The van der Waals surface area contributed by atoms with Crippen LogP contribution in [0.25, 0.3) is 5.57 Å². The van der Waals surface area contributed by atoms with Gasteiger partial charge >= 0.3 is 5.97 Å². The third-order valence-corrected chi connectivity index (χ3v) is 7.03. The summed E-state index contributed by atoms with van der Waals surface area (Å²) >= 11 is 12.0. The van der Waals surface area contributed by atoms with E-state index in [1.54, 1.807) is 0 Å². The molecule has 0 unspecified atom stereocenters. The maximum atomic E-state index is 11.0. The number of hydrogen-bond donors (Lipinski definition) is 1. The van der Waals surface area contributed by atoms with Crippen molar-refractivity contribution in [3.63, 3.8) is 0 Å². The first-order chi connectivity index (χ1) is 14.9. The average molecular weight is 460 g/mol. The van der Waals surface area contributed by atoms with E-state index in [9.17, 15) is 4.79 Å². The summed E-state index contributed by atoms with van der Waals surface area (Å²) in [6.07, 6.45) is 3.82. The van der Waals surface area contributed by atoms with Gasteiger partial charge in [0.1, 0.15) is 5.75 Å². The van der Waals surface area contributed by atoms with Gasteiger partial charge in [-0.3, -0.25) is 9.69 Å². The van der Waals surface area contributed by atoms with Crippen molar-refractivity contribution in [2.45, 2.75) is 32.6 Å². The lowest BCUT2D eigenvalue weighted by Gasteiger charge is -2.38. The molecule has 2 aliphatic rings. The molecule has 2 aromatic carbocycles. The van der Waals surface area contributed by atoms with Crippen LogP contribution in [0.15, 0.2) is 42.0 Å². The predicted octanol–water partition coefficient (Wildman–Crippen LogP) is 5.74. The van der Waals surface area contributed by atoms with Gasteiger partial charge in [-0.25, -0.2) is 0 Å². The molecule has 1 aliphatic heterocycles. The van der Waals surface area contributed by atoms with Crippen molar-refractivity contribution in [1.82, 2.24) is 4.90 Å². The summed E-state index contributed by atoms with van der Waals surface area (Å²) in [7, 11) is 0. The minimum Gasteiger partial charge on any atom is -0.494 e. The fourth-order valence-electron chi connectivity index (χ4n) is 4.38. The molecule has 0 spiro atoms. The topological polar surface area (TPSA) is 49.8 Å². The maximum absolute atomic E-state index is 11.0. The quantitative estimate of drug-likeness (QED) is 0.511. The zero-order chi connectivity index (χ0) is 22.0. The molecular formula is C25H27Cl2NO3. The Kier molecular flexibility index (Phi) is 6.90. The number of benzene rings is 2. The third-order valence-electron chi connectivity index (χ3n) is 6.29. The van der Waals surface area contributed by atoms with E-state index in [4.69, 9.17) is 33.0 Å². The second kappa shape index (κ2) is 9.64. The largest absolute Gasteiger partial charge is 0.494 e. The smallest absolute Gasteiger partial charge is 0.309 e. The Morgan fingerprint density at radius 2 is 1.94 bits per heavy atom. The lowest BCUT2D eigenvalue weighted by molar-refractivity contribution is -0.147. The van der Waals surface area contributed by atoms with Gasteiger partial charge in [-0.15, -0.1) is 0 Å². The van der Waals surface area contributed by atoms with Crippen molar-refractivity contribution in [3.05, 3.63) is 68.7 Å². The lowest BCUT2D eigenvalue weighted by atomic mass is 9.85. The molecule has 6 heteroatoms. The van der Waals surface area contributed by atoms with Crippen molar-refractivity contribution >= 4 is 34.7 Å². The number of carbonyl (C=O) groups is 1. The molecule has 1 fully saturated rings. The van der Waals surface area contributed by atoms with Crippen LogP contribution in [0.3, 0.4) is 0 Å². The molecule has 0 aromatic heterocycles. The minimum atomic E-state index is -0.680. The fraction of sp³-hybridized carbons (Fsp3) is 0.400. The fourth-order valence-corrected chi connectivity index (χ4v) is 4.70. The number of rotatable bonds is 8. The second-order valence-electron chi connectivity index (χ2n) is 8.48. The summed E-state index contributed by atoms with van der Waals surface area (Å²) in [5, 5.41) is 10.2. The zero-order valence-corrected chi connectivity index (χ0v) is 19.2. The monoisotopic (exact) mass is 459 g/mol. The number of nitrogens with zero attached hydrogens (tertiary/aromatic N) is 1. The summed E-state index contributed by atoms with van der Waals surface area (Å²) < 4.78 is 6.00. The van der Waals surface area contributed by atoms with E-state index in [1.165, 1.54) is 22.3 Å². The molecule has 164 valence electrons. The van der Waals surface area contributed by atoms with Gasteiger partial charge < -0.3 is 9.84 Å². The molecule has 4 nitrogen and oxygen atoms in total. The molecule has 0 radical (unpaired) electrons. The van der Waals surface area contributed by atoms with E-state index in [1.807, 2.05) is 18.2 Å². The molecule has 2 aromatic rings. The highest BCUT2D eigenvalue weighted by Gasteiger charge is 2.33. The number of aliphatic carboxylic acids is 1. The number of aryl methyl sites for hydroxylation is 2. The van der Waals surface area contributed by atoms with Crippen molar-refractivity contribution in [2.24, 2.45) is 5.92 Å². The zero-order valence-electron chi connectivity index (χ0n) is 17.7. The molecular weight excluding hydrogens is 433 g/mol. The van der Waals surface area contributed by atoms with Crippen LogP contribution in [0.5, 0.6) is 5.75 Å². The Morgan fingerprint density at radius 3 is 2.68 bits per heavy atom. The van der Waals surface area contributed by atoms with Gasteiger partial charge in [-0.2, -0.15) is 0 Å². The first-order valence-corrected chi connectivity index (χ1v) is 11.5. The Balaban J connectivity index is 1.30. The molecule has 1 aliphatic carbocycles. The van der Waals surface area contributed by atoms with E-state index >= 15 is 0 Å². The number of likely N-dealkylation sites (tertiary alicyclic amines) is 1. The number of allylic oxidation sites excluding steroid dienone is 1. The third kappa shape index (κ3) is 5.25. The number of carboxylic acids is 1. The number of carboxylic acid groups (broad SMARTS) is 1. The van der Waals surface area contributed by atoms with Crippen LogP contribution in [0, 0.1) is 5.92 Å². The van der Waals surface area contributed by atoms with Crippen molar-refractivity contribution in [2.75, 3.05) is 26.2 Å². The van der Waals surface area contributed by atoms with Gasteiger partial charge in [0.25, 0.3) is 0 Å². The molecule has 0 saturated carbocycles. The van der Waals surface area contributed by atoms with Crippen molar-refractivity contribution in [1.29, 1.82) is 0 Å². The van der Waals surface area contributed by atoms with Crippen LogP contribution in [0.4, 0.5) is 0 Å². The van der Waals surface area contributed by atoms with Crippen LogP contribution in [-0.4, -0.2) is 42.2 Å². The molecule has 0 bridgehead atoms. The summed E-state index contributed by atoms with van der Waals surface area (Å²) in [5.41, 5.74) is 6.53. The maximum Gasteiger partial charge on any atom is 0.309 e. The molecule has 1 saturated heterocycles. The first-order valence-electron chi connectivity index (χ1n) is 10.7. The van der Waals surface area contributed by atoms with Crippen LogP contribution >= 0.6 is 23.2 Å². The number of fused-ring (bicyclic) bond motifs is 1. The Bertz CT molecular complexity index is 1010. The van der Waals surface area contributed by atoms with E-state index in [0.29, 0.717) is 29.7 Å². The highest BCUT2D eigenvalue weighted by atomic mass is 35.5. The Hall–Kier alpha value is -2.01. The molecule has 31 heavy (non-hydrogen) atoms. The van der Waals surface area contributed by atoms with Gasteiger partial charge in [0, 0.05) is 19.6 Å². The normalized spacial score (nSPS) is 16.7. The van der Waals surface area contributed by atoms with Crippen molar-refractivity contribution < 1.29 is 14.6 Å². The molecule has 0 atom stereocenters. The SMILES string of the molecule is CC1=C(CN2CC(C(=O)O)C2)CCc2cc(OCCCc3ccc(Cl)c(Cl)c3)ccc21. The summed E-state index contributed by atoms with van der Waals surface area (Å²) in [4.78, 5) is 13.2. The summed E-state index contributed by atoms with van der Waals surface area (Å²) in [6.45, 7) is 5.03. The standard InChI is InChI=1S/C25H27Cl2NO3/c1-16-19(13-28-14-20(15-28)25(29)30)6-5-18-12-21(7-8-22(16)18)31-10-2-3-17-4-9-23(26)24(27)11-17/h4,7-9,11-12,20H,2-3,5-6,10,13-15H2,1H3,(H,29,30). The Labute approximate surface area is 193 Å². The van der Waals surface area contributed by atoms with Crippen LogP contribution in [0.1, 0.15) is 36.5 Å². The van der Waals surface area contributed by atoms with Gasteiger partial charge in [0.2, 0.25) is 0 Å². The van der Waals surface area contributed by atoms with Gasteiger partial charge in [0.05, 0.1) is 22.6 Å². The van der Waals surface area contributed by atoms with Gasteiger partial charge in [-0.05, 0) is 79.1 Å². The average Bonchev–Trinajstić information content (AvgIpc) is 2.71. The second-order valence-corrected chi connectivity index (χ2v) is 9.29. The molecule has 1 N–H and O–H groups in total. The lowest BCUT2D eigenvalue weighted by Crippen LogP contribution is -2.50. The number of hydrogen-bond acceptors (Lipinski definition) is 3. The van der Waals surface area contributed by atoms with Crippen LogP contribution in [0.2, 0.25) is 10.0 Å². The van der Waals surface area contributed by atoms with Gasteiger partial charge in [-0.1, -0.05) is 40.9 Å². The predicted molar refractivity (Wildman–Crippen MR) is 125 cm³/mol.